The van der Waals surface area contributed by atoms with Crippen molar-refractivity contribution in [3.05, 3.63) is 76.6 Å². The Balaban J connectivity index is 2.07. The van der Waals surface area contributed by atoms with Gasteiger partial charge in [0.1, 0.15) is 5.56 Å². The Kier molecular flexibility index (Phi) is 5.96. The minimum absolute atomic E-state index is 0.0112. The quantitative estimate of drug-likeness (QED) is 0.572. The maximum absolute atomic E-state index is 12.8. The van der Waals surface area contributed by atoms with Crippen molar-refractivity contribution in [3.8, 4) is 22.4 Å². The molecule has 1 heterocycles. The van der Waals surface area contributed by atoms with Crippen LogP contribution in [0, 0.1) is 0 Å². The molecule has 0 saturated carbocycles. The van der Waals surface area contributed by atoms with E-state index in [4.69, 9.17) is 0 Å². The third kappa shape index (κ3) is 4.32. The van der Waals surface area contributed by atoms with Gasteiger partial charge in [-0.3, -0.25) is 14.4 Å². The second-order valence-electron chi connectivity index (χ2n) is 6.12. The van der Waals surface area contributed by atoms with Gasteiger partial charge >= 0.3 is 0 Å². The lowest BCUT2D eigenvalue weighted by molar-refractivity contribution is -0.118. The number of hydrogen-bond donors (Lipinski definition) is 3. The molecule has 0 fully saturated rings. The van der Waals surface area contributed by atoms with E-state index in [1.807, 2.05) is 60.7 Å². The number of benzene rings is 2. The zero-order valence-electron chi connectivity index (χ0n) is 15.4. The number of aromatic nitrogens is 2. The van der Waals surface area contributed by atoms with Crippen LogP contribution in [0.2, 0.25) is 0 Å². The van der Waals surface area contributed by atoms with Crippen LogP contribution in [0.15, 0.2) is 65.5 Å². The number of carbonyl (C=O) groups excluding carboxylic acids is 2. The van der Waals surface area contributed by atoms with Crippen molar-refractivity contribution in [1.82, 2.24) is 20.8 Å². The van der Waals surface area contributed by atoms with E-state index in [1.54, 1.807) is 0 Å². The van der Waals surface area contributed by atoms with Crippen LogP contribution in [-0.2, 0) is 4.79 Å². The van der Waals surface area contributed by atoms with Crippen LogP contribution in [0.5, 0.6) is 0 Å². The van der Waals surface area contributed by atoms with Crippen LogP contribution in [-0.4, -0.2) is 35.1 Å². The predicted molar refractivity (Wildman–Crippen MR) is 107 cm³/mol. The van der Waals surface area contributed by atoms with Gasteiger partial charge in [-0.15, -0.1) is 0 Å². The molecule has 0 bridgehead atoms. The highest BCUT2D eigenvalue weighted by molar-refractivity contribution is 6.03. The summed E-state index contributed by atoms with van der Waals surface area (Å²) in [5.41, 5.74) is 1.89. The van der Waals surface area contributed by atoms with Gasteiger partial charge < -0.3 is 10.6 Å². The summed E-state index contributed by atoms with van der Waals surface area (Å²) in [6.45, 7) is 1.88. The molecule has 0 aliphatic rings. The van der Waals surface area contributed by atoms with Crippen LogP contribution in [0.4, 0.5) is 0 Å². The minimum Gasteiger partial charge on any atom is -0.355 e. The predicted octanol–water partition coefficient (Wildman–Crippen LogP) is 1.97. The summed E-state index contributed by atoms with van der Waals surface area (Å²) >= 11 is 0. The van der Waals surface area contributed by atoms with E-state index >= 15 is 0 Å². The fraction of sp³-hybridized carbons (Fsp3) is 0.143. The first kappa shape index (κ1) is 19.0. The first-order valence-corrected chi connectivity index (χ1v) is 8.84. The van der Waals surface area contributed by atoms with Crippen molar-refractivity contribution < 1.29 is 9.59 Å². The van der Waals surface area contributed by atoms with Crippen molar-refractivity contribution in [2.45, 2.75) is 6.92 Å². The van der Waals surface area contributed by atoms with Crippen LogP contribution in [0.1, 0.15) is 17.3 Å². The summed E-state index contributed by atoms with van der Waals surface area (Å²) in [5.74, 6) is -0.711. The smallest absolute Gasteiger partial charge is 0.277 e. The van der Waals surface area contributed by atoms with Gasteiger partial charge in [-0.05, 0) is 5.56 Å². The van der Waals surface area contributed by atoms with E-state index < -0.39 is 11.5 Å². The lowest BCUT2D eigenvalue weighted by Gasteiger charge is -2.14. The Labute approximate surface area is 161 Å². The molecule has 0 aliphatic heterocycles. The van der Waals surface area contributed by atoms with Gasteiger partial charge in [-0.25, -0.2) is 5.10 Å². The second kappa shape index (κ2) is 8.77. The molecule has 1 aromatic heterocycles. The maximum atomic E-state index is 12.8. The summed E-state index contributed by atoms with van der Waals surface area (Å²) in [7, 11) is 0. The van der Waals surface area contributed by atoms with Gasteiger partial charge in [0, 0.05) is 31.1 Å². The molecule has 3 N–H and O–H groups in total. The highest BCUT2D eigenvalue weighted by atomic mass is 16.2. The molecule has 7 nitrogen and oxygen atoms in total. The van der Waals surface area contributed by atoms with Gasteiger partial charge in [0.05, 0.1) is 5.69 Å². The SMILES string of the molecule is CC(=O)NCCNC(=O)c1c(-c2ccccc2)c(-c2ccccc2)n[nH]c1=O. The van der Waals surface area contributed by atoms with E-state index in [-0.39, 0.29) is 24.6 Å². The molecule has 142 valence electrons. The van der Waals surface area contributed by atoms with E-state index in [1.165, 1.54) is 6.92 Å². The molecule has 0 unspecified atom stereocenters. The molecule has 0 saturated heterocycles. The van der Waals surface area contributed by atoms with E-state index in [9.17, 15) is 14.4 Å². The molecule has 0 spiro atoms. The monoisotopic (exact) mass is 376 g/mol. The third-order valence-electron chi connectivity index (χ3n) is 4.10. The molecule has 2 aromatic carbocycles. The van der Waals surface area contributed by atoms with Gasteiger partial charge in [-0.2, -0.15) is 5.10 Å². The average molecular weight is 376 g/mol. The van der Waals surface area contributed by atoms with Crippen molar-refractivity contribution in [2.75, 3.05) is 13.1 Å². The lowest BCUT2D eigenvalue weighted by atomic mass is 9.95. The standard InChI is InChI=1S/C21H20N4O3/c1-14(26)22-12-13-23-20(27)18-17(15-8-4-2-5-9-15)19(24-25-21(18)28)16-10-6-3-7-11-16/h2-11H,12-13H2,1H3,(H,22,26)(H,23,27)(H,25,28). The van der Waals surface area contributed by atoms with Gasteiger partial charge in [-0.1, -0.05) is 60.7 Å². The second-order valence-corrected chi connectivity index (χ2v) is 6.12. The van der Waals surface area contributed by atoms with Gasteiger partial charge in [0.25, 0.3) is 11.5 Å². The Morgan fingerprint density at radius 2 is 1.46 bits per heavy atom. The molecule has 0 atom stereocenters. The molecule has 7 heteroatoms. The number of H-pyrrole nitrogens is 1. The van der Waals surface area contributed by atoms with E-state index in [0.29, 0.717) is 16.8 Å². The fourth-order valence-corrected chi connectivity index (χ4v) is 2.86. The number of nitrogens with one attached hydrogen (secondary N) is 3. The van der Waals surface area contributed by atoms with E-state index in [0.717, 1.165) is 5.56 Å². The molecule has 0 radical (unpaired) electrons. The average Bonchev–Trinajstić information content (AvgIpc) is 2.72. The third-order valence-corrected chi connectivity index (χ3v) is 4.10. The largest absolute Gasteiger partial charge is 0.355 e. The van der Waals surface area contributed by atoms with Crippen LogP contribution in [0.25, 0.3) is 22.4 Å². The summed E-state index contributed by atoms with van der Waals surface area (Å²) in [5, 5.41) is 11.9. The summed E-state index contributed by atoms with van der Waals surface area (Å²) in [6, 6.07) is 18.5. The lowest BCUT2D eigenvalue weighted by Crippen LogP contribution is -2.36. The Bertz CT molecular complexity index is 1030. The zero-order valence-corrected chi connectivity index (χ0v) is 15.4. The number of rotatable bonds is 6. The first-order chi connectivity index (χ1) is 13.6. The van der Waals surface area contributed by atoms with Crippen LogP contribution < -0.4 is 16.2 Å². The van der Waals surface area contributed by atoms with Crippen molar-refractivity contribution in [1.29, 1.82) is 0 Å². The van der Waals surface area contributed by atoms with Gasteiger partial charge in [0.2, 0.25) is 5.91 Å². The molecule has 28 heavy (non-hydrogen) atoms. The Hall–Kier alpha value is -3.74. The molecule has 3 aromatic rings. The highest BCUT2D eigenvalue weighted by Crippen LogP contribution is 2.31. The van der Waals surface area contributed by atoms with Crippen molar-refractivity contribution in [2.24, 2.45) is 0 Å². The Morgan fingerprint density at radius 3 is 2.07 bits per heavy atom. The molecule has 2 amide bonds. The van der Waals surface area contributed by atoms with E-state index in [2.05, 4.69) is 20.8 Å². The fourth-order valence-electron chi connectivity index (χ4n) is 2.86. The summed E-state index contributed by atoms with van der Waals surface area (Å²) in [4.78, 5) is 36.3. The number of hydrogen-bond acceptors (Lipinski definition) is 4. The number of amides is 2. The number of aromatic amines is 1. The first-order valence-electron chi connectivity index (χ1n) is 8.84. The van der Waals surface area contributed by atoms with Crippen LogP contribution in [0.3, 0.4) is 0 Å². The normalized spacial score (nSPS) is 10.3. The topological polar surface area (TPSA) is 104 Å². The molecule has 0 aliphatic carbocycles. The molecule has 3 rings (SSSR count). The zero-order chi connectivity index (χ0) is 19.9. The number of carbonyl (C=O) groups is 2. The maximum Gasteiger partial charge on any atom is 0.277 e. The summed E-state index contributed by atoms with van der Waals surface area (Å²) in [6.07, 6.45) is 0. The van der Waals surface area contributed by atoms with Crippen LogP contribution >= 0.6 is 0 Å². The summed E-state index contributed by atoms with van der Waals surface area (Å²) < 4.78 is 0. The Morgan fingerprint density at radius 1 is 0.893 bits per heavy atom. The minimum atomic E-state index is -0.574. The van der Waals surface area contributed by atoms with Crippen molar-refractivity contribution in [3.63, 3.8) is 0 Å². The van der Waals surface area contributed by atoms with Crippen molar-refractivity contribution >= 4 is 11.8 Å². The van der Waals surface area contributed by atoms with Gasteiger partial charge in [0.15, 0.2) is 0 Å². The number of nitrogens with zero attached hydrogens (tertiary/aromatic N) is 1. The molecular formula is C21H20N4O3. The highest BCUT2D eigenvalue weighted by Gasteiger charge is 2.22. The molecular weight excluding hydrogens is 356 g/mol.